The number of hydrogen-bond acceptors (Lipinski definition) is 3. The van der Waals surface area contributed by atoms with Crippen molar-refractivity contribution in [1.29, 1.82) is 0 Å². The van der Waals surface area contributed by atoms with Crippen LogP contribution in [0.1, 0.15) is 45.5 Å². The third-order valence-electron chi connectivity index (χ3n) is 4.87. The first-order chi connectivity index (χ1) is 13.0. The van der Waals surface area contributed by atoms with E-state index in [1.54, 1.807) is 29.2 Å². The molecule has 0 bridgehead atoms. The van der Waals surface area contributed by atoms with Crippen molar-refractivity contribution in [2.45, 2.75) is 19.3 Å². The molecule has 0 spiro atoms. The van der Waals surface area contributed by atoms with Gasteiger partial charge in [-0.2, -0.15) is 0 Å². The van der Waals surface area contributed by atoms with Crippen molar-refractivity contribution in [2.75, 3.05) is 13.1 Å². The van der Waals surface area contributed by atoms with Gasteiger partial charge in [0.25, 0.3) is 5.91 Å². The Morgan fingerprint density at radius 1 is 0.963 bits per heavy atom. The van der Waals surface area contributed by atoms with Crippen LogP contribution < -0.4 is 0 Å². The summed E-state index contributed by atoms with van der Waals surface area (Å²) in [5, 5.41) is 8.90. The molecule has 1 amide bonds. The lowest BCUT2D eigenvalue weighted by Gasteiger charge is -2.31. The maximum atomic E-state index is 13.1. The number of carbonyl (C=O) groups is 3. The highest BCUT2D eigenvalue weighted by molar-refractivity contribution is 6.15. The first kappa shape index (κ1) is 18.8. The van der Waals surface area contributed by atoms with E-state index in [1.165, 1.54) is 24.3 Å². The molecular weight excluding hydrogens is 349 g/mol. The van der Waals surface area contributed by atoms with Crippen molar-refractivity contribution < 1.29 is 23.9 Å². The van der Waals surface area contributed by atoms with Crippen molar-refractivity contribution in [1.82, 2.24) is 4.90 Å². The molecule has 2 aromatic carbocycles. The van der Waals surface area contributed by atoms with Gasteiger partial charge in [0.2, 0.25) is 0 Å². The Morgan fingerprint density at radius 2 is 1.56 bits per heavy atom. The largest absolute Gasteiger partial charge is 0.481 e. The van der Waals surface area contributed by atoms with Crippen LogP contribution in [-0.4, -0.2) is 40.8 Å². The predicted octanol–water partition coefficient (Wildman–Crippen LogP) is 3.38. The topological polar surface area (TPSA) is 74.7 Å². The Bertz CT molecular complexity index is 855. The Labute approximate surface area is 156 Å². The van der Waals surface area contributed by atoms with Gasteiger partial charge in [-0.15, -0.1) is 0 Å². The van der Waals surface area contributed by atoms with Gasteiger partial charge in [-0.05, 0) is 49.1 Å². The number of nitrogens with zero attached hydrogens (tertiary/aromatic N) is 1. The molecule has 27 heavy (non-hydrogen) atoms. The minimum Gasteiger partial charge on any atom is -0.481 e. The highest BCUT2D eigenvalue weighted by Gasteiger charge is 2.27. The zero-order valence-corrected chi connectivity index (χ0v) is 14.7. The molecule has 1 aliphatic rings. The molecule has 5 nitrogen and oxygen atoms in total. The van der Waals surface area contributed by atoms with E-state index in [9.17, 15) is 18.8 Å². The molecule has 1 aliphatic heterocycles. The number of carbonyl (C=O) groups excluding carboxylic acids is 2. The lowest BCUT2D eigenvalue weighted by molar-refractivity contribution is -0.138. The Morgan fingerprint density at radius 3 is 2.15 bits per heavy atom. The smallest absolute Gasteiger partial charge is 0.303 e. The van der Waals surface area contributed by atoms with E-state index in [0.29, 0.717) is 37.1 Å². The number of amides is 1. The van der Waals surface area contributed by atoms with Crippen molar-refractivity contribution in [2.24, 2.45) is 5.92 Å². The normalized spacial score (nSPS) is 14.8. The fourth-order valence-corrected chi connectivity index (χ4v) is 3.38. The third-order valence-corrected chi connectivity index (χ3v) is 4.87. The number of piperidine rings is 1. The molecule has 1 N–H and O–H groups in total. The monoisotopic (exact) mass is 369 g/mol. The molecular formula is C21H20FNO4. The number of rotatable bonds is 5. The summed E-state index contributed by atoms with van der Waals surface area (Å²) in [4.78, 5) is 38.2. The van der Waals surface area contributed by atoms with Gasteiger partial charge >= 0.3 is 5.97 Å². The van der Waals surface area contributed by atoms with Crippen LogP contribution in [-0.2, 0) is 4.79 Å². The number of likely N-dealkylation sites (tertiary alicyclic amines) is 1. The van der Waals surface area contributed by atoms with Crippen LogP contribution in [0.2, 0.25) is 0 Å². The number of carboxylic acid groups (broad SMARTS) is 1. The summed E-state index contributed by atoms with van der Waals surface area (Å²) in [5.74, 6) is -1.76. The first-order valence-corrected chi connectivity index (χ1v) is 8.86. The van der Waals surface area contributed by atoms with Gasteiger partial charge in [-0.3, -0.25) is 14.4 Å². The number of hydrogen-bond donors (Lipinski definition) is 1. The molecule has 0 atom stereocenters. The standard InChI is InChI=1S/C21H20FNO4/c22-16-7-5-15(6-8-16)20(26)17-3-1-2-4-18(17)21(27)23-11-9-14(10-12-23)13-19(24)25/h1-8,14H,9-13H2,(H,24,25). The second kappa shape index (κ2) is 8.12. The van der Waals surface area contributed by atoms with Crippen LogP contribution >= 0.6 is 0 Å². The van der Waals surface area contributed by atoms with E-state index in [0.717, 1.165) is 0 Å². The average Bonchev–Trinajstić information content (AvgIpc) is 2.67. The van der Waals surface area contributed by atoms with Gasteiger partial charge in [0, 0.05) is 30.6 Å². The number of aliphatic carboxylic acids is 1. The maximum Gasteiger partial charge on any atom is 0.303 e. The summed E-state index contributed by atoms with van der Waals surface area (Å²) in [6.07, 6.45) is 1.37. The summed E-state index contributed by atoms with van der Waals surface area (Å²) in [6.45, 7) is 0.936. The zero-order chi connectivity index (χ0) is 19.4. The summed E-state index contributed by atoms with van der Waals surface area (Å²) >= 11 is 0. The Hall–Kier alpha value is -3.02. The molecule has 0 aliphatic carbocycles. The molecule has 0 aromatic heterocycles. The molecule has 140 valence electrons. The lowest BCUT2D eigenvalue weighted by Crippen LogP contribution is -2.39. The van der Waals surface area contributed by atoms with E-state index < -0.39 is 11.8 Å². The Balaban J connectivity index is 1.77. The van der Waals surface area contributed by atoms with Crippen LogP contribution in [0.3, 0.4) is 0 Å². The molecule has 0 unspecified atom stereocenters. The van der Waals surface area contributed by atoms with Gasteiger partial charge in [-0.25, -0.2) is 4.39 Å². The van der Waals surface area contributed by atoms with Crippen LogP contribution in [0.15, 0.2) is 48.5 Å². The molecule has 0 radical (unpaired) electrons. The quantitative estimate of drug-likeness (QED) is 0.820. The number of halogens is 1. The van der Waals surface area contributed by atoms with E-state index in [-0.39, 0.29) is 29.6 Å². The number of benzene rings is 2. The SMILES string of the molecule is O=C(O)CC1CCN(C(=O)c2ccccc2C(=O)c2ccc(F)cc2)CC1. The van der Waals surface area contributed by atoms with Gasteiger partial charge in [0.15, 0.2) is 5.78 Å². The molecule has 6 heteroatoms. The second-order valence-corrected chi connectivity index (χ2v) is 6.72. The Kier molecular flexibility index (Phi) is 5.64. The molecule has 1 heterocycles. The third kappa shape index (κ3) is 4.39. The van der Waals surface area contributed by atoms with E-state index in [4.69, 9.17) is 5.11 Å². The average molecular weight is 369 g/mol. The maximum absolute atomic E-state index is 13.1. The fraction of sp³-hybridized carbons (Fsp3) is 0.286. The van der Waals surface area contributed by atoms with Crippen molar-refractivity contribution >= 4 is 17.7 Å². The molecule has 1 fully saturated rings. The van der Waals surface area contributed by atoms with Crippen molar-refractivity contribution in [3.63, 3.8) is 0 Å². The van der Waals surface area contributed by atoms with Gasteiger partial charge in [0.1, 0.15) is 5.82 Å². The number of carboxylic acids is 1. The first-order valence-electron chi connectivity index (χ1n) is 8.86. The molecule has 3 rings (SSSR count). The number of ketones is 1. The van der Waals surface area contributed by atoms with E-state index in [1.807, 2.05) is 0 Å². The summed E-state index contributed by atoms with van der Waals surface area (Å²) in [5.41, 5.74) is 0.905. The summed E-state index contributed by atoms with van der Waals surface area (Å²) < 4.78 is 13.1. The van der Waals surface area contributed by atoms with E-state index >= 15 is 0 Å². The lowest BCUT2D eigenvalue weighted by atomic mass is 9.92. The minimum atomic E-state index is -0.824. The summed E-state index contributed by atoms with van der Waals surface area (Å²) in [7, 11) is 0. The highest BCUT2D eigenvalue weighted by atomic mass is 19.1. The van der Waals surface area contributed by atoms with Crippen LogP contribution in [0, 0.1) is 11.7 Å². The fourth-order valence-electron chi connectivity index (χ4n) is 3.38. The van der Waals surface area contributed by atoms with Crippen molar-refractivity contribution in [3.8, 4) is 0 Å². The predicted molar refractivity (Wildman–Crippen MR) is 97.2 cm³/mol. The molecule has 2 aromatic rings. The van der Waals surface area contributed by atoms with Gasteiger partial charge < -0.3 is 10.0 Å². The molecule has 1 saturated heterocycles. The summed E-state index contributed by atoms with van der Waals surface area (Å²) in [6, 6.07) is 11.8. The zero-order valence-electron chi connectivity index (χ0n) is 14.7. The van der Waals surface area contributed by atoms with Crippen LogP contribution in [0.5, 0.6) is 0 Å². The minimum absolute atomic E-state index is 0.0719. The molecule has 0 saturated carbocycles. The van der Waals surface area contributed by atoms with Crippen LogP contribution in [0.25, 0.3) is 0 Å². The van der Waals surface area contributed by atoms with E-state index in [2.05, 4.69) is 0 Å². The highest BCUT2D eigenvalue weighted by Crippen LogP contribution is 2.23. The van der Waals surface area contributed by atoms with Crippen molar-refractivity contribution in [3.05, 3.63) is 71.0 Å². The second-order valence-electron chi connectivity index (χ2n) is 6.72. The van der Waals surface area contributed by atoms with Crippen LogP contribution in [0.4, 0.5) is 4.39 Å². The van der Waals surface area contributed by atoms with Gasteiger partial charge in [0.05, 0.1) is 5.56 Å². The van der Waals surface area contributed by atoms with Gasteiger partial charge in [-0.1, -0.05) is 18.2 Å².